The third-order valence-electron chi connectivity index (χ3n) is 5.31. The van der Waals surface area contributed by atoms with Crippen LogP contribution in [-0.4, -0.2) is 31.9 Å². The van der Waals surface area contributed by atoms with Crippen molar-refractivity contribution in [3.8, 4) is 0 Å². The summed E-state index contributed by atoms with van der Waals surface area (Å²) in [6.07, 6.45) is -5.29. The fourth-order valence-corrected chi connectivity index (χ4v) is 15.8. The molecule has 0 aliphatic carbocycles. The second kappa shape index (κ2) is 13.4. The molecule has 0 unspecified atom stereocenters. The van der Waals surface area contributed by atoms with Gasteiger partial charge < -0.3 is 17.1 Å². The second-order valence-corrected chi connectivity index (χ2v) is 20.8. The fraction of sp³-hybridized carbons (Fsp3) is 0.500. The highest BCUT2D eigenvalue weighted by Crippen LogP contribution is 2.32. The number of hydrogen-bond acceptors (Lipinski definition) is 4. The average Bonchev–Trinajstić information content (AvgIpc) is 2.80. The van der Waals surface area contributed by atoms with E-state index in [1.54, 1.807) is 6.55 Å². The van der Waals surface area contributed by atoms with Crippen molar-refractivity contribution in [2.24, 2.45) is 0 Å². The van der Waals surface area contributed by atoms with Crippen LogP contribution in [0.5, 0.6) is 0 Å². The maximum atomic E-state index is 13.2. The third-order valence-corrected chi connectivity index (χ3v) is 16.2. The predicted molar refractivity (Wildman–Crippen MR) is 146 cm³/mol. The zero-order valence-corrected chi connectivity index (χ0v) is 25.9. The number of benzene rings is 2. The van der Waals surface area contributed by atoms with Crippen LogP contribution in [0.4, 0.5) is 13.2 Å². The smallest absolute Gasteiger partial charge is 0.389 e. The van der Waals surface area contributed by atoms with Gasteiger partial charge in [0.2, 0.25) is 0 Å². The highest BCUT2D eigenvalue weighted by atomic mass is 35.5. The van der Waals surface area contributed by atoms with Crippen LogP contribution in [0.15, 0.2) is 48.5 Å². The molecule has 4 nitrogen and oxygen atoms in total. The molecule has 2 aromatic rings. The molecule has 0 fully saturated rings. The lowest BCUT2D eigenvalue weighted by atomic mass is 10.2. The molecule has 0 amide bonds. The van der Waals surface area contributed by atoms with Crippen LogP contribution in [-0.2, 0) is 42.1 Å². The van der Waals surface area contributed by atoms with E-state index in [9.17, 15) is 13.2 Å². The summed E-state index contributed by atoms with van der Waals surface area (Å²) in [5, 5.41) is 0. The van der Waals surface area contributed by atoms with Gasteiger partial charge in [-0.15, -0.1) is 23.2 Å². The van der Waals surface area contributed by atoms with Gasteiger partial charge in [-0.3, -0.25) is 0 Å². The Labute approximate surface area is 225 Å². The lowest BCUT2D eigenvalue weighted by Crippen LogP contribution is -2.56. The monoisotopic (exact) mass is 598 g/mol. The molecule has 2 aromatic carbocycles. The number of alkyl halides is 5. The van der Waals surface area contributed by atoms with Gasteiger partial charge in [0.05, 0.1) is 13.2 Å². The Kier molecular flexibility index (Phi) is 11.7. The van der Waals surface area contributed by atoms with Gasteiger partial charge in [-0.2, -0.15) is 13.2 Å². The highest BCUT2D eigenvalue weighted by molar-refractivity contribution is 6.85. The van der Waals surface area contributed by atoms with E-state index in [-0.39, 0.29) is 6.04 Å². The van der Waals surface area contributed by atoms with Crippen molar-refractivity contribution in [2.75, 3.05) is 0 Å². The maximum absolute atomic E-state index is 13.2. The summed E-state index contributed by atoms with van der Waals surface area (Å²) in [5.74, 6) is 0.844. The van der Waals surface area contributed by atoms with Crippen molar-refractivity contribution < 1.29 is 30.3 Å². The zero-order chi connectivity index (χ0) is 27.0. The van der Waals surface area contributed by atoms with Gasteiger partial charge in [-0.05, 0) is 61.0 Å². The van der Waals surface area contributed by atoms with Crippen molar-refractivity contribution in [1.29, 1.82) is 0 Å². The quantitative estimate of drug-likeness (QED) is 0.162. The summed E-state index contributed by atoms with van der Waals surface area (Å²) in [7, 11) is -9.00. The molecule has 2 rings (SSSR count). The molecule has 0 spiro atoms. The Morgan fingerprint density at radius 3 is 1.28 bits per heavy atom. The Hall–Kier alpha value is -0.699. The van der Waals surface area contributed by atoms with Crippen molar-refractivity contribution in [3.63, 3.8) is 0 Å². The van der Waals surface area contributed by atoms with E-state index in [2.05, 4.69) is 0 Å². The first kappa shape index (κ1) is 31.5. The summed E-state index contributed by atoms with van der Waals surface area (Å²) >= 11 is 11.7. The van der Waals surface area contributed by atoms with Gasteiger partial charge in [0, 0.05) is 18.2 Å². The van der Waals surface area contributed by atoms with Gasteiger partial charge >= 0.3 is 31.9 Å². The SMILES string of the molecule is C[Si](C)(OCc1ccc(CCl)cc1)O[Si](C)(CCC(F)(F)F)O[Si](C)(C)OCc1ccc(CCl)cc1. The van der Waals surface area contributed by atoms with Gasteiger partial charge in [0.15, 0.2) is 0 Å². The normalized spacial score (nSPS) is 13.3. The summed E-state index contributed by atoms with van der Waals surface area (Å²) in [5.41, 5.74) is 3.86. The van der Waals surface area contributed by atoms with Crippen LogP contribution in [0.25, 0.3) is 0 Å². The van der Waals surface area contributed by atoms with Crippen molar-refractivity contribution in [1.82, 2.24) is 0 Å². The highest BCUT2D eigenvalue weighted by Gasteiger charge is 2.47. The lowest BCUT2D eigenvalue weighted by Gasteiger charge is -2.40. The fourth-order valence-electron chi connectivity index (χ4n) is 3.55. The van der Waals surface area contributed by atoms with E-state index in [1.165, 1.54) is 0 Å². The summed E-state index contributed by atoms with van der Waals surface area (Å²) in [6.45, 7) is 9.58. The molecule has 0 aromatic heterocycles. The Morgan fingerprint density at radius 1 is 0.639 bits per heavy atom. The van der Waals surface area contributed by atoms with Gasteiger partial charge in [-0.25, -0.2) is 0 Å². The minimum Gasteiger partial charge on any atom is -0.415 e. The molecule has 36 heavy (non-hydrogen) atoms. The molecule has 0 N–H and O–H groups in total. The van der Waals surface area contributed by atoms with Crippen molar-refractivity contribution in [2.45, 2.75) is 76.4 Å². The van der Waals surface area contributed by atoms with E-state index in [4.69, 9.17) is 40.3 Å². The minimum absolute atomic E-state index is 0.231. The van der Waals surface area contributed by atoms with Gasteiger partial charge in [0.1, 0.15) is 0 Å². The molecule has 0 aliphatic heterocycles. The second-order valence-electron chi connectivity index (χ2n) is 9.73. The summed E-state index contributed by atoms with van der Waals surface area (Å²) in [4.78, 5) is 0. The Morgan fingerprint density at radius 2 is 0.972 bits per heavy atom. The average molecular weight is 600 g/mol. The summed E-state index contributed by atoms with van der Waals surface area (Å²) in [6, 6.07) is 15.1. The summed E-state index contributed by atoms with van der Waals surface area (Å²) < 4.78 is 64.4. The number of rotatable bonds is 14. The largest absolute Gasteiger partial charge is 0.415 e. The van der Waals surface area contributed by atoms with E-state index < -0.39 is 38.3 Å². The lowest BCUT2D eigenvalue weighted by molar-refractivity contribution is -0.131. The molecule has 202 valence electrons. The Balaban J connectivity index is 2.08. The predicted octanol–water partition coefficient (Wildman–Crippen LogP) is 8.36. The third kappa shape index (κ3) is 11.8. The van der Waals surface area contributed by atoms with Crippen molar-refractivity contribution in [3.05, 3.63) is 70.8 Å². The van der Waals surface area contributed by atoms with E-state index in [0.29, 0.717) is 25.0 Å². The maximum Gasteiger partial charge on any atom is 0.389 e. The van der Waals surface area contributed by atoms with Gasteiger partial charge in [0.25, 0.3) is 0 Å². The molecule has 0 saturated carbocycles. The topological polar surface area (TPSA) is 36.9 Å². The molecular weight excluding hydrogens is 564 g/mol. The first-order valence-electron chi connectivity index (χ1n) is 11.7. The van der Waals surface area contributed by atoms with Gasteiger partial charge in [-0.1, -0.05) is 48.5 Å². The molecule has 0 atom stereocenters. The zero-order valence-electron chi connectivity index (χ0n) is 21.4. The molecule has 12 heteroatoms. The van der Waals surface area contributed by atoms with Crippen molar-refractivity contribution >= 4 is 48.9 Å². The van der Waals surface area contributed by atoms with E-state index >= 15 is 0 Å². The van der Waals surface area contributed by atoms with Crippen LogP contribution in [0.3, 0.4) is 0 Å². The Bertz CT molecular complexity index is 878. The molecule has 0 saturated heterocycles. The van der Waals surface area contributed by atoms with Crippen LogP contribution in [0, 0.1) is 0 Å². The van der Waals surface area contributed by atoms with Crippen LogP contribution >= 0.6 is 23.2 Å². The molecule has 0 bridgehead atoms. The van der Waals surface area contributed by atoms with Crippen LogP contribution < -0.4 is 0 Å². The van der Waals surface area contributed by atoms with E-state index in [0.717, 1.165) is 22.3 Å². The molecule has 0 heterocycles. The van der Waals surface area contributed by atoms with E-state index in [1.807, 2.05) is 74.7 Å². The van der Waals surface area contributed by atoms with Crippen LogP contribution in [0.1, 0.15) is 28.7 Å². The minimum atomic E-state index is -4.31. The first-order chi connectivity index (χ1) is 16.6. The molecular formula is C24H35Cl2F3O4Si3. The molecule has 0 aliphatic rings. The number of halogens is 5. The first-order valence-corrected chi connectivity index (χ1v) is 20.9. The van der Waals surface area contributed by atoms with Crippen LogP contribution in [0.2, 0.25) is 38.8 Å². The number of hydrogen-bond donors (Lipinski definition) is 0. The molecule has 0 radical (unpaired) electrons. The standard InChI is InChI=1S/C24H35Cl2F3O4Si3/c1-34(2,30-18-22-10-6-20(16-25)7-11-22)32-36(5,15-14-24(27,28)29)33-35(3,4)31-19-23-12-8-21(17-26)9-13-23/h6-13H,14-19H2,1-5H3.